The molecule has 0 aliphatic carbocycles. The van der Waals surface area contributed by atoms with Crippen LogP contribution in [0.25, 0.3) is 11.3 Å². The van der Waals surface area contributed by atoms with Gasteiger partial charge in [0.05, 0.1) is 18.9 Å². The van der Waals surface area contributed by atoms with Gasteiger partial charge in [-0.3, -0.25) is 0 Å². The summed E-state index contributed by atoms with van der Waals surface area (Å²) < 4.78 is 16.8. The predicted octanol–water partition coefficient (Wildman–Crippen LogP) is 2.76. The quantitative estimate of drug-likeness (QED) is 0.628. The van der Waals surface area contributed by atoms with E-state index in [0.29, 0.717) is 25.6 Å². The minimum Gasteiger partial charge on any atom is -0.484 e. The molecule has 3 aromatic heterocycles. The van der Waals surface area contributed by atoms with Gasteiger partial charge < -0.3 is 24.4 Å². The summed E-state index contributed by atoms with van der Waals surface area (Å²) in [6, 6.07) is 8.01. The highest BCUT2D eigenvalue weighted by molar-refractivity contribution is 5.63. The molecule has 1 atom stereocenters. The Bertz CT molecular complexity index is 1060. The van der Waals surface area contributed by atoms with E-state index in [-0.39, 0.29) is 5.92 Å². The number of nitrogens with zero attached hydrogens (tertiary/aromatic N) is 5. The third kappa shape index (κ3) is 4.43. The summed E-state index contributed by atoms with van der Waals surface area (Å²) in [5, 5.41) is 3.41. The topological polar surface area (TPSA) is 94.5 Å². The van der Waals surface area contributed by atoms with Crippen molar-refractivity contribution in [2.75, 3.05) is 56.3 Å². The molecule has 1 fully saturated rings. The Morgan fingerprint density at radius 2 is 1.88 bits per heavy atom. The normalized spacial score (nSPS) is 16.5. The molecule has 3 aromatic rings. The molecule has 9 nitrogen and oxygen atoms in total. The van der Waals surface area contributed by atoms with Crippen LogP contribution in [0.5, 0.6) is 11.6 Å². The Hall–Kier alpha value is -3.46. The van der Waals surface area contributed by atoms with E-state index in [1.165, 1.54) is 0 Å². The highest BCUT2D eigenvalue weighted by Gasteiger charge is 2.21. The van der Waals surface area contributed by atoms with Crippen molar-refractivity contribution >= 4 is 11.6 Å². The number of hydrogen-bond donors (Lipinski definition) is 1. The molecule has 2 aliphatic heterocycles. The zero-order valence-corrected chi connectivity index (χ0v) is 18.0. The first-order valence-corrected chi connectivity index (χ1v) is 10.9. The van der Waals surface area contributed by atoms with Crippen molar-refractivity contribution in [3.05, 3.63) is 48.5 Å². The van der Waals surface area contributed by atoms with Crippen LogP contribution in [0.2, 0.25) is 0 Å². The Morgan fingerprint density at radius 1 is 1.00 bits per heavy atom. The van der Waals surface area contributed by atoms with Gasteiger partial charge in [0.25, 0.3) is 5.88 Å². The van der Waals surface area contributed by atoms with E-state index in [9.17, 15) is 0 Å². The summed E-state index contributed by atoms with van der Waals surface area (Å²) in [5.74, 6) is 3.21. The van der Waals surface area contributed by atoms with E-state index in [2.05, 4.69) is 37.1 Å². The van der Waals surface area contributed by atoms with Crippen molar-refractivity contribution in [2.45, 2.75) is 12.8 Å². The minimum absolute atomic E-state index is 0.182. The zero-order valence-electron chi connectivity index (χ0n) is 18.0. The fraction of sp³-hybridized carbons (Fsp3) is 0.391. The molecule has 166 valence electrons. The molecule has 5 rings (SSSR count). The van der Waals surface area contributed by atoms with Crippen LogP contribution in [0.3, 0.4) is 0 Å². The summed E-state index contributed by atoms with van der Waals surface area (Å²) in [6.07, 6.45) is 5.19. The summed E-state index contributed by atoms with van der Waals surface area (Å²) in [4.78, 5) is 19.9. The number of pyridine rings is 2. The Balaban J connectivity index is 1.25. The lowest BCUT2D eigenvalue weighted by Crippen LogP contribution is -2.36. The maximum absolute atomic E-state index is 5.80. The van der Waals surface area contributed by atoms with Gasteiger partial charge in [-0.2, -0.15) is 0 Å². The molecule has 0 unspecified atom stereocenters. The van der Waals surface area contributed by atoms with Crippen molar-refractivity contribution in [3.63, 3.8) is 0 Å². The maximum atomic E-state index is 5.80. The monoisotopic (exact) mass is 434 g/mol. The first kappa shape index (κ1) is 20.4. The summed E-state index contributed by atoms with van der Waals surface area (Å²) in [7, 11) is 0. The van der Waals surface area contributed by atoms with E-state index in [1.54, 1.807) is 12.5 Å². The van der Waals surface area contributed by atoms with E-state index in [0.717, 1.165) is 60.5 Å². The molecule has 0 saturated carbocycles. The average molecular weight is 435 g/mol. The number of hydrogen-bond acceptors (Lipinski definition) is 9. The second kappa shape index (κ2) is 9.35. The van der Waals surface area contributed by atoms with Crippen LogP contribution in [0.15, 0.2) is 43.0 Å². The van der Waals surface area contributed by atoms with Gasteiger partial charge in [0.1, 0.15) is 31.2 Å². The number of morpholine rings is 1. The van der Waals surface area contributed by atoms with E-state index >= 15 is 0 Å². The smallest absolute Gasteiger partial charge is 0.257 e. The molecule has 0 aromatic carbocycles. The Kier molecular flexibility index (Phi) is 5.98. The third-order valence-corrected chi connectivity index (χ3v) is 5.64. The number of rotatable bonds is 6. The van der Waals surface area contributed by atoms with Crippen LogP contribution in [0, 0.1) is 0 Å². The van der Waals surface area contributed by atoms with Crippen molar-refractivity contribution < 1.29 is 14.2 Å². The van der Waals surface area contributed by atoms with Gasteiger partial charge in [0.2, 0.25) is 0 Å². The highest BCUT2D eigenvalue weighted by atomic mass is 16.6. The lowest BCUT2D eigenvalue weighted by atomic mass is 10.0. The third-order valence-electron chi connectivity index (χ3n) is 5.64. The van der Waals surface area contributed by atoms with Crippen LogP contribution in [0.4, 0.5) is 11.6 Å². The minimum atomic E-state index is 0.182. The second-order valence-corrected chi connectivity index (χ2v) is 7.81. The fourth-order valence-electron chi connectivity index (χ4n) is 3.86. The summed E-state index contributed by atoms with van der Waals surface area (Å²) in [6.45, 7) is 7.10. The molecule has 5 heterocycles. The SMILES string of the molecule is C[C@H](CNc1cc(-c2ccc(N3CCOCC3)nc2)ncn1)c1ccnc2c1OCCO2. The summed E-state index contributed by atoms with van der Waals surface area (Å²) >= 11 is 0. The second-order valence-electron chi connectivity index (χ2n) is 7.81. The van der Waals surface area contributed by atoms with Crippen molar-refractivity contribution in [1.29, 1.82) is 0 Å². The standard InChI is InChI=1S/C23H26N6O3/c1-16(18-4-5-24-23-22(18)31-10-11-32-23)13-25-20-12-19(27-15-28-20)17-2-3-21(26-14-17)29-6-8-30-9-7-29/h2-5,12,14-16H,6-11,13H2,1H3,(H,25,27,28)/t16-/m1/s1. The molecule has 0 spiro atoms. The highest BCUT2D eigenvalue weighted by Crippen LogP contribution is 2.35. The van der Waals surface area contributed by atoms with Crippen molar-refractivity contribution in [1.82, 2.24) is 19.9 Å². The van der Waals surface area contributed by atoms with Gasteiger partial charge in [0.15, 0.2) is 5.75 Å². The maximum Gasteiger partial charge on any atom is 0.257 e. The molecule has 32 heavy (non-hydrogen) atoms. The first-order valence-electron chi connectivity index (χ1n) is 10.9. The molecular formula is C23H26N6O3. The molecule has 2 aliphatic rings. The van der Waals surface area contributed by atoms with Gasteiger partial charge in [-0.25, -0.2) is 19.9 Å². The zero-order chi connectivity index (χ0) is 21.8. The van der Waals surface area contributed by atoms with E-state index in [4.69, 9.17) is 14.2 Å². The number of anilines is 2. The van der Waals surface area contributed by atoms with Crippen molar-refractivity contribution in [3.8, 4) is 22.9 Å². The molecule has 0 radical (unpaired) electrons. The van der Waals surface area contributed by atoms with Gasteiger partial charge in [-0.1, -0.05) is 6.92 Å². The van der Waals surface area contributed by atoms with Gasteiger partial charge in [-0.15, -0.1) is 0 Å². The molecule has 1 saturated heterocycles. The number of aromatic nitrogens is 4. The Morgan fingerprint density at radius 3 is 2.72 bits per heavy atom. The van der Waals surface area contributed by atoms with Crippen LogP contribution >= 0.6 is 0 Å². The Labute approximate surface area is 186 Å². The van der Waals surface area contributed by atoms with Gasteiger partial charge in [-0.05, 0) is 18.2 Å². The fourth-order valence-corrected chi connectivity index (χ4v) is 3.86. The van der Waals surface area contributed by atoms with Crippen LogP contribution in [-0.2, 0) is 4.74 Å². The van der Waals surface area contributed by atoms with Gasteiger partial charge >= 0.3 is 0 Å². The van der Waals surface area contributed by atoms with E-state index < -0.39 is 0 Å². The molecule has 1 N–H and O–H groups in total. The molecular weight excluding hydrogens is 408 g/mol. The predicted molar refractivity (Wildman–Crippen MR) is 120 cm³/mol. The molecule has 0 bridgehead atoms. The number of nitrogens with one attached hydrogen (secondary N) is 1. The molecule has 0 amide bonds. The lowest BCUT2D eigenvalue weighted by Gasteiger charge is -2.27. The van der Waals surface area contributed by atoms with Crippen LogP contribution < -0.4 is 19.7 Å². The average Bonchev–Trinajstić information content (AvgIpc) is 2.88. The van der Waals surface area contributed by atoms with Crippen molar-refractivity contribution in [2.24, 2.45) is 0 Å². The largest absolute Gasteiger partial charge is 0.484 e. The van der Waals surface area contributed by atoms with Crippen LogP contribution in [0.1, 0.15) is 18.4 Å². The number of ether oxygens (including phenoxy) is 3. The molecule has 9 heteroatoms. The van der Waals surface area contributed by atoms with Gasteiger partial charge in [0, 0.05) is 55.1 Å². The first-order chi connectivity index (χ1) is 15.8. The van der Waals surface area contributed by atoms with Crippen LogP contribution in [-0.4, -0.2) is 66.0 Å². The number of fused-ring (bicyclic) bond motifs is 1. The lowest BCUT2D eigenvalue weighted by molar-refractivity contribution is 0.122. The summed E-state index contributed by atoms with van der Waals surface area (Å²) in [5.41, 5.74) is 2.85. The van der Waals surface area contributed by atoms with E-state index in [1.807, 2.05) is 30.5 Å².